The third kappa shape index (κ3) is 3.25. The van der Waals surface area contributed by atoms with E-state index in [1.165, 1.54) is 0 Å². The summed E-state index contributed by atoms with van der Waals surface area (Å²) < 4.78 is 6.23. The molecular formula is C21H22O3. The fraction of sp³-hybridized carbons (Fsp3) is 0.333. The summed E-state index contributed by atoms with van der Waals surface area (Å²) >= 11 is 0. The van der Waals surface area contributed by atoms with E-state index < -0.39 is 0 Å². The van der Waals surface area contributed by atoms with Crippen molar-refractivity contribution >= 4 is 11.6 Å². The third-order valence-corrected chi connectivity index (χ3v) is 4.77. The normalized spacial score (nSPS) is 20.8. The van der Waals surface area contributed by atoms with E-state index in [0.29, 0.717) is 24.2 Å². The summed E-state index contributed by atoms with van der Waals surface area (Å²) in [6.07, 6.45) is 0.679. The number of hydrogen-bond donors (Lipinski definition) is 0. The van der Waals surface area contributed by atoms with Crippen molar-refractivity contribution in [2.24, 2.45) is 5.92 Å². The number of hydrogen-bond acceptors (Lipinski definition) is 3. The summed E-state index contributed by atoms with van der Waals surface area (Å²) in [5, 5.41) is 0. The first-order valence-corrected chi connectivity index (χ1v) is 8.42. The number of carbonyl (C=O) groups excluding carboxylic acids is 2. The molecule has 1 heterocycles. The first-order chi connectivity index (χ1) is 11.6. The minimum Gasteiger partial charge on any atom is -0.488 e. The van der Waals surface area contributed by atoms with Crippen LogP contribution in [0.1, 0.15) is 48.5 Å². The van der Waals surface area contributed by atoms with Gasteiger partial charge in [-0.25, -0.2) is 0 Å². The van der Waals surface area contributed by atoms with Gasteiger partial charge in [0.1, 0.15) is 17.6 Å². The van der Waals surface area contributed by atoms with Gasteiger partial charge in [0.25, 0.3) is 0 Å². The van der Waals surface area contributed by atoms with Gasteiger partial charge in [-0.3, -0.25) is 4.79 Å². The lowest BCUT2D eigenvalue weighted by Crippen LogP contribution is -2.41. The predicted octanol–water partition coefficient (Wildman–Crippen LogP) is 4.42. The first kappa shape index (κ1) is 16.4. The van der Waals surface area contributed by atoms with Crippen molar-refractivity contribution < 1.29 is 14.3 Å². The lowest BCUT2D eigenvalue weighted by Gasteiger charge is -2.36. The Labute approximate surface area is 142 Å². The summed E-state index contributed by atoms with van der Waals surface area (Å²) in [5.41, 5.74) is 1.77. The summed E-state index contributed by atoms with van der Waals surface area (Å²) in [6, 6.07) is 17.5. The molecule has 1 aliphatic heterocycles. The Morgan fingerprint density at radius 2 is 1.75 bits per heavy atom. The van der Waals surface area contributed by atoms with Gasteiger partial charge >= 0.3 is 0 Å². The number of ether oxygens (including phenoxy) is 1. The van der Waals surface area contributed by atoms with Crippen molar-refractivity contribution in [1.82, 2.24) is 0 Å². The fourth-order valence-corrected chi connectivity index (χ4v) is 3.40. The molecule has 0 amide bonds. The van der Waals surface area contributed by atoms with Crippen LogP contribution < -0.4 is 4.74 Å². The van der Waals surface area contributed by atoms with E-state index in [9.17, 15) is 9.59 Å². The molecule has 0 N–H and O–H groups in total. The molecule has 0 saturated carbocycles. The van der Waals surface area contributed by atoms with Crippen LogP contribution in [0.2, 0.25) is 0 Å². The smallest absolute Gasteiger partial charge is 0.173 e. The third-order valence-electron chi connectivity index (χ3n) is 4.77. The molecule has 0 radical (unpaired) electrons. The van der Waals surface area contributed by atoms with E-state index in [2.05, 4.69) is 19.1 Å². The number of para-hydroxylation sites is 1. The molecule has 3 rings (SSSR count). The molecule has 24 heavy (non-hydrogen) atoms. The molecule has 0 aliphatic carbocycles. The van der Waals surface area contributed by atoms with Crippen molar-refractivity contribution in [2.75, 3.05) is 0 Å². The van der Waals surface area contributed by atoms with Crippen LogP contribution in [-0.2, 0) is 4.79 Å². The Morgan fingerprint density at radius 3 is 2.46 bits per heavy atom. The maximum absolute atomic E-state index is 13.0. The summed E-state index contributed by atoms with van der Waals surface area (Å²) in [4.78, 5) is 24.4. The lowest BCUT2D eigenvalue weighted by atomic mass is 9.78. The van der Waals surface area contributed by atoms with Crippen molar-refractivity contribution in [3.63, 3.8) is 0 Å². The van der Waals surface area contributed by atoms with Gasteiger partial charge in [-0.15, -0.1) is 0 Å². The maximum Gasteiger partial charge on any atom is 0.173 e. The van der Waals surface area contributed by atoms with Crippen LogP contribution in [0, 0.1) is 5.92 Å². The standard InChI is InChI=1S/C21H22O3/c1-14(22)12-13-18-20(23)17-10-6-7-11-19(17)24-21(18)15(2)16-8-4-3-5-9-16/h3-11,15,18,21H,12-13H2,1-2H3. The molecule has 1 aliphatic rings. The quantitative estimate of drug-likeness (QED) is 0.818. The van der Waals surface area contributed by atoms with Gasteiger partial charge in [0, 0.05) is 12.3 Å². The Balaban J connectivity index is 1.95. The van der Waals surface area contributed by atoms with Gasteiger partial charge in [0.15, 0.2) is 5.78 Å². The van der Waals surface area contributed by atoms with Gasteiger partial charge in [-0.2, -0.15) is 0 Å². The molecule has 124 valence electrons. The molecule has 0 spiro atoms. The highest BCUT2D eigenvalue weighted by molar-refractivity contribution is 6.01. The monoisotopic (exact) mass is 322 g/mol. The molecule has 3 unspecified atom stereocenters. The maximum atomic E-state index is 13.0. The molecule has 0 saturated heterocycles. The van der Waals surface area contributed by atoms with E-state index in [1.807, 2.05) is 42.5 Å². The molecule has 3 nitrogen and oxygen atoms in total. The highest BCUT2D eigenvalue weighted by Crippen LogP contribution is 2.38. The second-order valence-electron chi connectivity index (χ2n) is 6.49. The van der Waals surface area contributed by atoms with E-state index in [4.69, 9.17) is 4.74 Å². The molecule has 0 bridgehead atoms. The van der Waals surface area contributed by atoms with E-state index in [-0.39, 0.29) is 29.5 Å². The molecular weight excluding hydrogens is 300 g/mol. The second-order valence-corrected chi connectivity index (χ2v) is 6.49. The molecule has 3 heteroatoms. The number of benzene rings is 2. The molecule has 0 aromatic heterocycles. The van der Waals surface area contributed by atoms with Crippen LogP contribution in [-0.4, -0.2) is 17.7 Å². The largest absolute Gasteiger partial charge is 0.488 e. The lowest BCUT2D eigenvalue weighted by molar-refractivity contribution is -0.117. The van der Waals surface area contributed by atoms with Crippen LogP contribution in [0.15, 0.2) is 54.6 Å². The minimum atomic E-state index is -0.293. The van der Waals surface area contributed by atoms with Gasteiger partial charge in [0.05, 0.1) is 11.5 Å². The average Bonchev–Trinajstić information content (AvgIpc) is 2.61. The zero-order valence-electron chi connectivity index (χ0n) is 14.1. The highest BCUT2D eigenvalue weighted by Gasteiger charge is 2.40. The van der Waals surface area contributed by atoms with E-state index in [0.717, 1.165) is 5.56 Å². The van der Waals surface area contributed by atoms with E-state index >= 15 is 0 Å². The van der Waals surface area contributed by atoms with Crippen molar-refractivity contribution in [3.05, 3.63) is 65.7 Å². The molecule has 2 aromatic rings. The average molecular weight is 322 g/mol. The van der Waals surface area contributed by atoms with Crippen LogP contribution in [0.5, 0.6) is 5.75 Å². The van der Waals surface area contributed by atoms with Gasteiger partial charge in [-0.05, 0) is 31.0 Å². The Morgan fingerprint density at radius 1 is 1.08 bits per heavy atom. The highest BCUT2D eigenvalue weighted by atomic mass is 16.5. The van der Waals surface area contributed by atoms with Crippen molar-refractivity contribution in [2.45, 2.75) is 38.7 Å². The summed E-state index contributed by atoms with van der Waals surface area (Å²) in [5.74, 6) is 0.618. The second kappa shape index (κ2) is 7.00. The zero-order valence-corrected chi connectivity index (χ0v) is 14.1. The first-order valence-electron chi connectivity index (χ1n) is 8.42. The van der Waals surface area contributed by atoms with Gasteiger partial charge in [0.2, 0.25) is 0 Å². The van der Waals surface area contributed by atoms with Gasteiger partial charge < -0.3 is 9.53 Å². The Bertz CT molecular complexity index is 736. The summed E-state index contributed by atoms with van der Waals surface area (Å²) in [7, 11) is 0. The minimum absolute atomic E-state index is 0.0699. The fourth-order valence-electron chi connectivity index (χ4n) is 3.40. The summed E-state index contributed by atoms with van der Waals surface area (Å²) in [6.45, 7) is 3.65. The molecule has 2 aromatic carbocycles. The topological polar surface area (TPSA) is 43.4 Å². The van der Waals surface area contributed by atoms with Crippen LogP contribution >= 0.6 is 0 Å². The van der Waals surface area contributed by atoms with Crippen LogP contribution in [0.25, 0.3) is 0 Å². The van der Waals surface area contributed by atoms with Gasteiger partial charge in [-0.1, -0.05) is 49.4 Å². The molecule has 3 atom stereocenters. The number of ketones is 2. The molecule has 0 fully saturated rings. The predicted molar refractivity (Wildman–Crippen MR) is 93.5 cm³/mol. The number of rotatable bonds is 5. The van der Waals surface area contributed by atoms with Crippen molar-refractivity contribution in [1.29, 1.82) is 0 Å². The Hall–Kier alpha value is -2.42. The van der Waals surface area contributed by atoms with Crippen molar-refractivity contribution in [3.8, 4) is 5.75 Å². The van der Waals surface area contributed by atoms with E-state index in [1.54, 1.807) is 6.92 Å². The number of Topliss-reactive ketones (excluding diaryl/α,β-unsaturated/α-hetero) is 2. The zero-order chi connectivity index (χ0) is 17.1. The van der Waals surface area contributed by atoms with Crippen LogP contribution in [0.3, 0.4) is 0 Å². The Kier molecular flexibility index (Phi) is 4.79. The SMILES string of the molecule is CC(=O)CCC1C(=O)c2ccccc2OC1C(C)c1ccccc1. The van der Waals surface area contributed by atoms with Crippen LogP contribution in [0.4, 0.5) is 0 Å². The number of carbonyl (C=O) groups is 2. The number of fused-ring (bicyclic) bond motifs is 1.